The lowest BCUT2D eigenvalue weighted by molar-refractivity contribution is 0.0515. The number of hydrogen-bond donors (Lipinski definition) is 0. The minimum atomic E-state index is -0.445. The van der Waals surface area contributed by atoms with Crippen molar-refractivity contribution < 1.29 is 14.3 Å². The van der Waals surface area contributed by atoms with Gasteiger partial charge in [0.25, 0.3) is 0 Å². The van der Waals surface area contributed by atoms with E-state index in [9.17, 15) is 4.79 Å². The molecule has 1 aliphatic carbocycles. The number of carbonyl (C=O) groups is 1. The summed E-state index contributed by atoms with van der Waals surface area (Å²) >= 11 is 1.51. The minimum absolute atomic E-state index is 0.257. The van der Waals surface area contributed by atoms with Gasteiger partial charge in [0.15, 0.2) is 0 Å². The molecule has 0 N–H and O–H groups in total. The highest BCUT2D eigenvalue weighted by molar-refractivity contribution is 7.99. The third-order valence-corrected chi connectivity index (χ3v) is 6.27. The summed E-state index contributed by atoms with van der Waals surface area (Å²) in [6, 6.07) is 14.4. The molecule has 1 aromatic heterocycles. The second-order valence-electron chi connectivity index (χ2n) is 7.21. The van der Waals surface area contributed by atoms with E-state index >= 15 is 0 Å². The van der Waals surface area contributed by atoms with Gasteiger partial charge in [0, 0.05) is 4.90 Å². The van der Waals surface area contributed by atoms with Crippen LogP contribution in [0.5, 0.6) is 5.75 Å². The summed E-state index contributed by atoms with van der Waals surface area (Å²) < 4.78 is 12.2. The molecule has 1 heterocycles. The smallest absolute Gasteiger partial charge is 0.361 e. The van der Waals surface area contributed by atoms with Crippen LogP contribution in [0.4, 0.5) is 0 Å². The summed E-state index contributed by atoms with van der Waals surface area (Å²) in [5.74, 6) is 0.354. The molecule has 0 amide bonds. The van der Waals surface area contributed by atoms with Crippen molar-refractivity contribution >= 4 is 17.7 Å². The van der Waals surface area contributed by atoms with Crippen molar-refractivity contribution in [3.63, 3.8) is 0 Å². The van der Waals surface area contributed by atoms with Gasteiger partial charge in [-0.25, -0.2) is 9.48 Å². The van der Waals surface area contributed by atoms with Crippen molar-refractivity contribution in [1.29, 1.82) is 0 Å². The van der Waals surface area contributed by atoms with Crippen LogP contribution >= 0.6 is 11.8 Å². The lowest BCUT2D eigenvalue weighted by atomic mass is 9.92. The molecule has 0 saturated heterocycles. The van der Waals surface area contributed by atoms with Crippen molar-refractivity contribution in [2.24, 2.45) is 0 Å². The molecule has 7 heteroatoms. The fraction of sp³-hybridized carbons (Fsp3) is 0.348. The average Bonchev–Trinajstić information content (AvgIpc) is 3.16. The molecule has 0 unspecified atom stereocenters. The maximum atomic E-state index is 12.5. The van der Waals surface area contributed by atoms with Crippen LogP contribution in [0.2, 0.25) is 0 Å². The van der Waals surface area contributed by atoms with Crippen LogP contribution in [0.15, 0.2) is 52.4 Å². The number of esters is 1. The first-order valence-electron chi connectivity index (χ1n) is 10.2. The molecule has 2 aromatic carbocycles. The number of ether oxygens (including phenoxy) is 2. The summed E-state index contributed by atoms with van der Waals surface area (Å²) in [7, 11) is 1.64. The van der Waals surface area contributed by atoms with Crippen LogP contribution < -0.4 is 4.74 Å². The van der Waals surface area contributed by atoms with Crippen LogP contribution in [0.3, 0.4) is 0 Å². The Labute approximate surface area is 180 Å². The highest BCUT2D eigenvalue weighted by Crippen LogP contribution is 2.33. The minimum Gasteiger partial charge on any atom is -0.497 e. The maximum Gasteiger partial charge on any atom is 0.361 e. The summed E-state index contributed by atoms with van der Waals surface area (Å²) in [6.45, 7) is 2.59. The Morgan fingerprint density at radius 3 is 2.60 bits per heavy atom. The van der Waals surface area contributed by atoms with E-state index in [0.29, 0.717) is 18.2 Å². The van der Waals surface area contributed by atoms with Gasteiger partial charge in [-0.3, -0.25) is 0 Å². The van der Waals surface area contributed by atoms with Crippen molar-refractivity contribution in [2.75, 3.05) is 13.7 Å². The van der Waals surface area contributed by atoms with Crippen LogP contribution in [-0.4, -0.2) is 34.7 Å². The van der Waals surface area contributed by atoms with Gasteiger partial charge >= 0.3 is 5.97 Å². The van der Waals surface area contributed by atoms with E-state index in [1.807, 2.05) is 24.3 Å². The van der Waals surface area contributed by atoms with E-state index in [0.717, 1.165) is 29.1 Å². The van der Waals surface area contributed by atoms with Gasteiger partial charge in [-0.2, -0.15) is 0 Å². The fourth-order valence-corrected chi connectivity index (χ4v) is 4.61. The molecule has 0 atom stereocenters. The summed E-state index contributed by atoms with van der Waals surface area (Å²) in [6.07, 6.45) is 4.74. The molecule has 0 saturated carbocycles. The Kier molecular flexibility index (Phi) is 6.38. The Bertz CT molecular complexity index is 1030. The summed E-state index contributed by atoms with van der Waals surface area (Å²) in [5.41, 5.74) is 4.13. The molecule has 0 radical (unpaired) electrons. The molecule has 0 bridgehead atoms. The van der Waals surface area contributed by atoms with E-state index in [4.69, 9.17) is 9.47 Å². The predicted octanol–water partition coefficient (Wildman–Crippen LogP) is 4.54. The molecule has 4 rings (SSSR count). The van der Waals surface area contributed by atoms with Gasteiger partial charge in [0.05, 0.1) is 20.3 Å². The quantitative estimate of drug-likeness (QED) is 0.520. The normalized spacial score (nSPS) is 13.0. The first kappa shape index (κ1) is 20.5. The zero-order valence-corrected chi connectivity index (χ0v) is 18.1. The fourth-order valence-electron chi connectivity index (χ4n) is 3.63. The van der Waals surface area contributed by atoms with Gasteiger partial charge in [-0.1, -0.05) is 35.2 Å². The largest absolute Gasteiger partial charge is 0.497 e. The second kappa shape index (κ2) is 9.34. The topological polar surface area (TPSA) is 66.2 Å². The highest BCUT2D eigenvalue weighted by Gasteiger charge is 2.23. The summed E-state index contributed by atoms with van der Waals surface area (Å²) in [4.78, 5) is 13.6. The third kappa shape index (κ3) is 4.51. The molecule has 1 aliphatic rings. The van der Waals surface area contributed by atoms with Crippen molar-refractivity contribution in [1.82, 2.24) is 15.0 Å². The zero-order valence-electron chi connectivity index (χ0n) is 17.3. The second-order valence-corrected chi connectivity index (χ2v) is 8.27. The Hall–Kier alpha value is -2.80. The Morgan fingerprint density at radius 2 is 1.87 bits per heavy atom. The molecule has 0 fully saturated rings. The van der Waals surface area contributed by atoms with Crippen molar-refractivity contribution in [2.45, 2.75) is 49.1 Å². The highest BCUT2D eigenvalue weighted by atomic mass is 32.2. The van der Waals surface area contributed by atoms with Gasteiger partial charge in [0.2, 0.25) is 5.69 Å². The SMILES string of the molecule is CCOC(=O)c1nnn(Cc2ccc(OC)cc2)c1Sc1ccc2c(c1)CCCC2. The maximum absolute atomic E-state index is 12.5. The average molecular weight is 424 g/mol. The number of fused-ring (bicyclic) bond motifs is 1. The molecule has 156 valence electrons. The number of nitrogens with zero attached hydrogens (tertiary/aromatic N) is 3. The Morgan fingerprint density at radius 1 is 1.10 bits per heavy atom. The first-order valence-corrected chi connectivity index (χ1v) is 11.0. The standard InChI is InChI=1S/C23H25N3O3S/c1-3-29-23(27)21-22(30-20-13-10-17-6-4-5-7-18(17)14-20)26(25-24-21)15-16-8-11-19(28-2)12-9-16/h8-14H,3-7,15H2,1-2H3. The number of benzene rings is 2. The van der Waals surface area contributed by atoms with Gasteiger partial charge in [0.1, 0.15) is 10.8 Å². The van der Waals surface area contributed by atoms with Crippen LogP contribution in [0.25, 0.3) is 0 Å². The summed E-state index contributed by atoms with van der Waals surface area (Å²) in [5, 5.41) is 9.09. The molecule has 0 aliphatic heterocycles. The molecular formula is C23H25N3O3S. The van der Waals surface area contributed by atoms with Crippen LogP contribution in [0, 0.1) is 0 Å². The number of aromatic nitrogens is 3. The van der Waals surface area contributed by atoms with Gasteiger partial charge < -0.3 is 9.47 Å². The van der Waals surface area contributed by atoms with E-state index in [-0.39, 0.29) is 5.69 Å². The number of hydrogen-bond acceptors (Lipinski definition) is 6. The molecule has 30 heavy (non-hydrogen) atoms. The van der Waals surface area contributed by atoms with E-state index in [1.54, 1.807) is 18.7 Å². The number of rotatable bonds is 7. The predicted molar refractivity (Wildman–Crippen MR) is 115 cm³/mol. The number of methoxy groups -OCH3 is 1. The van der Waals surface area contributed by atoms with Gasteiger partial charge in [-0.05, 0) is 73.6 Å². The number of aryl methyl sites for hydroxylation is 2. The molecule has 6 nitrogen and oxygen atoms in total. The first-order chi connectivity index (χ1) is 14.7. The lowest BCUT2D eigenvalue weighted by Gasteiger charge is -2.16. The van der Waals surface area contributed by atoms with Crippen molar-refractivity contribution in [3.05, 3.63) is 64.8 Å². The monoisotopic (exact) mass is 423 g/mol. The van der Waals surface area contributed by atoms with E-state index < -0.39 is 5.97 Å². The lowest BCUT2D eigenvalue weighted by Crippen LogP contribution is -2.08. The molecule has 0 spiro atoms. The molecule has 3 aromatic rings. The molecular weight excluding hydrogens is 398 g/mol. The van der Waals surface area contributed by atoms with E-state index in [1.165, 1.54) is 35.7 Å². The third-order valence-electron chi connectivity index (χ3n) is 5.18. The Balaban J connectivity index is 1.64. The van der Waals surface area contributed by atoms with E-state index in [2.05, 4.69) is 28.5 Å². The van der Waals surface area contributed by atoms with Crippen LogP contribution in [-0.2, 0) is 24.1 Å². The van der Waals surface area contributed by atoms with Gasteiger partial charge in [-0.15, -0.1) is 5.10 Å². The van der Waals surface area contributed by atoms with Crippen molar-refractivity contribution in [3.8, 4) is 5.75 Å². The zero-order chi connectivity index (χ0) is 20.9. The number of carbonyl (C=O) groups excluding carboxylic acids is 1. The van der Waals surface area contributed by atoms with Crippen LogP contribution in [0.1, 0.15) is 46.9 Å².